The van der Waals surface area contributed by atoms with E-state index >= 15 is 17.6 Å². The van der Waals surface area contributed by atoms with Crippen molar-refractivity contribution in [3.05, 3.63) is 131 Å². The quantitative estimate of drug-likeness (QED) is 0.0524. The average molecular weight is 859 g/mol. The second-order valence-corrected chi connectivity index (χ2v) is 14.8. The summed E-state index contributed by atoms with van der Waals surface area (Å²) < 4.78 is 69.8. The van der Waals surface area contributed by atoms with Crippen molar-refractivity contribution in [1.82, 2.24) is 19.9 Å². The van der Waals surface area contributed by atoms with Crippen LogP contribution in [-0.4, -0.2) is 75.0 Å². The molecule has 0 saturated carbocycles. The van der Waals surface area contributed by atoms with Crippen LogP contribution in [-0.2, 0) is 12.8 Å². The molecule has 0 aliphatic carbocycles. The fraction of sp³-hybridized carbons (Fsp3) is 0.106. The predicted octanol–water partition coefficient (Wildman–Crippen LogP) is 8.75. The van der Waals surface area contributed by atoms with Gasteiger partial charge in [-0.05, 0) is 90.2 Å². The average Bonchev–Trinajstić information content (AvgIpc) is 4.10. The van der Waals surface area contributed by atoms with Crippen molar-refractivity contribution in [2.75, 3.05) is 13.2 Å². The normalized spacial score (nSPS) is 12.8. The van der Waals surface area contributed by atoms with Crippen LogP contribution in [0.5, 0.6) is 34.5 Å². The number of nitrogens with one attached hydrogen (secondary N) is 2. The Morgan fingerprint density at radius 2 is 1.03 bits per heavy atom. The third-order valence-electron chi connectivity index (χ3n) is 10.8. The van der Waals surface area contributed by atoms with E-state index in [0.29, 0.717) is 51.1 Å². The van der Waals surface area contributed by atoms with Gasteiger partial charge in [0.05, 0.1) is 46.0 Å². The lowest BCUT2D eigenvalue weighted by Crippen LogP contribution is -2.22. The fourth-order valence-electron chi connectivity index (χ4n) is 7.97. The summed E-state index contributed by atoms with van der Waals surface area (Å²) in [5, 5.41) is 74.3. The highest BCUT2D eigenvalue weighted by molar-refractivity contribution is 6.01. The third-order valence-corrected chi connectivity index (χ3v) is 10.8. The van der Waals surface area contributed by atoms with Crippen LogP contribution >= 0.6 is 0 Å². The zero-order chi connectivity index (χ0) is 44.3. The van der Waals surface area contributed by atoms with Crippen LogP contribution in [0, 0.1) is 23.3 Å². The van der Waals surface area contributed by atoms with Gasteiger partial charge < -0.3 is 50.5 Å². The van der Waals surface area contributed by atoms with E-state index in [0.717, 1.165) is 0 Å². The van der Waals surface area contributed by atoms with Crippen LogP contribution in [0.15, 0.2) is 84.9 Å². The fourth-order valence-corrected chi connectivity index (χ4v) is 7.97. The number of aromatic nitrogens is 4. The second kappa shape index (κ2) is 15.9. The smallest absolute Gasteiger partial charge is 0.204 e. The number of H-pyrrole nitrogens is 2. The number of aliphatic hydroxyl groups is 2. The number of benzene rings is 4. The Bertz CT molecular complexity index is 3190. The van der Waals surface area contributed by atoms with Gasteiger partial charge in [-0.3, -0.25) is 4.98 Å². The first kappa shape index (κ1) is 40.6. The number of phenols is 3. The van der Waals surface area contributed by atoms with Gasteiger partial charge in [-0.25, -0.2) is 13.8 Å². The molecule has 318 valence electrons. The van der Waals surface area contributed by atoms with Gasteiger partial charge in [0.25, 0.3) is 0 Å². The van der Waals surface area contributed by atoms with Crippen LogP contribution < -0.4 is 4.74 Å². The SMILES string of the molecule is OCC(O)COc1c(F)c(F)c(-c2c3nc(c(-c4cccc(O)c4)c4ccc([nH]4)c(-c4cccc(O)c4)c4nc(c(-c5cccc(O)c5)c5[nH]c2c(O)c5O)CC4)C=C3)c(F)c1F. The van der Waals surface area contributed by atoms with Gasteiger partial charge in [-0.15, -0.1) is 0 Å². The highest BCUT2D eigenvalue weighted by atomic mass is 19.2. The van der Waals surface area contributed by atoms with E-state index in [-0.39, 0.29) is 51.7 Å². The molecule has 63 heavy (non-hydrogen) atoms. The molecule has 2 aliphatic heterocycles. The highest BCUT2D eigenvalue weighted by Crippen LogP contribution is 2.48. The summed E-state index contributed by atoms with van der Waals surface area (Å²) in [4.78, 5) is 16.0. The molecule has 9 rings (SSSR count). The molecule has 4 aromatic carbocycles. The van der Waals surface area contributed by atoms with Gasteiger partial charge in [0.1, 0.15) is 30.0 Å². The third kappa shape index (κ3) is 7.10. The lowest BCUT2D eigenvalue weighted by atomic mass is 10.00. The van der Waals surface area contributed by atoms with Crippen LogP contribution in [0.25, 0.3) is 78.7 Å². The Kier molecular flexibility index (Phi) is 10.2. The second-order valence-electron chi connectivity index (χ2n) is 14.8. The summed E-state index contributed by atoms with van der Waals surface area (Å²) >= 11 is 0. The molecule has 0 saturated heterocycles. The number of aliphatic hydroxyl groups excluding tert-OH is 2. The molecule has 12 nitrogen and oxygen atoms in total. The first-order chi connectivity index (χ1) is 30.3. The predicted molar refractivity (Wildman–Crippen MR) is 226 cm³/mol. The number of hydrogen-bond donors (Lipinski definition) is 9. The minimum atomic E-state index is -2.02. The zero-order valence-electron chi connectivity index (χ0n) is 32.6. The minimum absolute atomic E-state index is 0.0177. The number of hydrogen-bond acceptors (Lipinski definition) is 10. The summed E-state index contributed by atoms with van der Waals surface area (Å²) in [7, 11) is 0. The number of aryl methyl sites for hydroxylation is 2. The van der Waals surface area contributed by atoms with Crippen molar-refractivity contribution >= 4 is 34.2 Å². The highest BCUT2D eigenvalue weighted by Gasteiger charge is 2.33. The lowest BCUT2D eigenvalue weighted by molar-refractivity contribution is 0.0504. The first-order valence-corrected chi connectivity index (χ1v) is 19.4. The number of halogens is 4. The molecule has 1 atom stereocenters. The Labute approximate surface area is 353 Å². The summed E-state index contributed by atoms with van der Waals surface area (Å²) in [6, 6.07) is 22.1. The van der Waals surface area contributed by atoms with E-state index in [1.165, 1.54) is 48.6 Å². The van der Waals surface area contributed by atoms with E-state index < -0.39 is 76.5 Å². The van der Waals surface area contributed by atoms with E-state index in [2.05, 4.69) is 9.97 Å². The molecule has 16 heteroatoms. The maximum Gasteiger partial charge on any atom is 0.204 e. The van der Waals surface area contributed by atoms with Gasteiger partial charge in [-0.2, -0.15) is 8.78 Å². The number of aromatic amines is 2. The number of phenolic OH excluding ortho intramolecular Hbond substituents is 3. The van der Waals surface area contributed by atoms with Gasteiger partial charge in [0.15, 0.2) is 28.9 Å². The van der Waals surface area contributed by atoms with E-state index in [1.54, 1.807) is 48.5 Å². The van der Waals surface area contributed by atoms with Crippen LogP contribution in [0.2, 0.25) is 0 Å². The van der Waals surface area contributed by atoms with Crippen molar-refractivity contribution in [2.45, 2.75) is 18.9 Å². The Balaban J connectivity index is 1.50. The number of fused-ring (bicyclic) bond motifs is 8. The summed E-state index contributed by atoms with van der Waals surface area (Å²) in [6.07, 6.45) is 1.57. The minimum Gasteiger partial charge on any atom is -0.508 e. The number of aromatic hydroxyl groups is 5. The molecule has 2 aliphatic rings. The number of nitrogens with zero attached hydrogens (tertiary/aromatic N) is 2. The van der Waals surface area contributed by atoms with Crippen LogP contribution in [0.4, 0.5) is 17.6 Å². The van der Waals surface area contributed by atoms with Gasteiger partial charge in [0, 0.05) is 33.3 Å². The standard InChI is InChI=1S/C47H34F4N4O8/c48-39-38(40(49)42(51)47(41(39)50)63-20-27(60)19-56)37-33-15-13-31(54-33)35(22-5-2-8-25(58)17-22)29-11-10-28(52-29)34(21-4-1-7-24(57)16-21)30-12-14-32(53-30)36(23-6-3-9-26(59)18-23)43-45(61)46(62)44(37)55-43/h1-11,13,15-18,27,52,55-62H,12,14,19-20H2. The molecule has 0 amide bonds. The Hall–Kier alpha value is -7.82. The first-order valence-electron chi connectivity index (χ1n) is 19.4. The molecule has 3 aromatic heterocycles. The van der Waals surface area contributed by atoms with Crippen LogP contribution in [0.3, 0.4) is 0 Å². The molecule has 0 radical (unpaired) electrons. The van der Waals surface area contributed by atoms with E-state index in [4.69, 9.17) is 14.7 Å². The largest absolute Gasteiger partial charge is 0.508 e. The maximum atomic E-state index is 16.5. The molecular formula is C47H34F4N4O8. The molecule has 0 spiro atoms. The lowest BCUT2D eigenvalue weighted by Gasteiger charge is -2.15. The monoisotopic (exact) mass is 858 g/mol. The molecule has 7 aromatic rings. The number of ether oxygens (including phenoxy) is 1. The van der Waals surface area contributed by atoms with Crippen molar-refractivity contribution in [3.8, 4) is 79.0 Å². The number of rotatable bonds is 8. The van der Waals surface area contributed by atoms with Gasteiger partial charge >= 0.3 is 0 Å². The van der Waals surface area contributed by atoms with E-state index in [9.17, 15) is 35.7 Å². The van der Waals surface area contributed by atoms with Crippen LogP contribution in [0.1, 0.15) is 22.8 Å². The van der Waals surface area contributed by atoms with E-state index in [1.807, 2.05) is 0 Å². The molecule has 0 fully saturated rings. The molecular weight excluding hydrogens is 825 g/mol. The van der Waals surface area contributed by atoms with Crippen molar-refractivity contribution < 1.29 is 58.0 Å². The van der Waals surface area contributed by atoms with Crippen molar-refractivity contribution in [1.29, 1.82) is 0 Å². The zero-order valence-corrected chi connectivity index (χ0v) is 32.6. The van der Waals surface area contributed by atoms with Crippen molar-refractivity contribution in [2.24, 2.45) is 0 Å². The molecule has 9 N–H and O–H groups in total. The molecule has 8 bridgehead atoms. The van der Waals surface area contributed by atoms with Gasteiger partial charge in [0.2, 0.25) is 11.6 Å². The topological polar surface area (TPSA) is 208 Å². The summed E-state index contributed by atoms with van der Waals surface area (Å²) in [5.74, 6) is -11.7. The molecule has 1 unspecified atom stereocenters. The Morgan fingerprint density at radius 1 is 0.556 bits per heavy atom. The summed E-state index contributed by atoms with van der Waals surface area (Å²) in [5.41, 5.74) is 0.892. The Morgan fingerprint density at radius 3 is 1.57 bits per heavy atom. The van der Waals surface area contributed by atoms with Gasteiger partial charge in [-0.1, -0.05) is 36.4 Å². The maximum absolute atomic E-state index is 16.5. The summed E-state index contributed by atoms with van der Waals surface area (Å²) in [6.45, 7) is -1.82. The van der Waals surface area contributed by atoms with Crippen molar-refractivity contribution in [3.63, 3.8) is 0 Å². The molecule has 5 heterocycles.